The molecule has 2 aromatic rings. The van der Waals surface area contributed by atoms with Gasteiger partial charge < -0.3 is 15.0 Å². The van der Waals surface area contributed by atoms with Gasteiger partial charge in [0.15, 0.2) is 0 Å². The van der Waals surface area contributed by atoms with Crippen molar-refractivity contribution < 1.29 is 18.3 Å². The van der Waals surface area contributed by atoms with Crippen LogP contribution < -0.4 is 10.0 Å². The van der Waals surface area contributed by atoms with Gasteiger partial charge in [-0.2, -0.15) is 0 Å². The maximum absolute atomic E-state index is 12.2. The predicted molar refractivity (Wildman–Crippen MR) is 86.3 cm³/mol. The van der Waals surface area contributed by atoms with Crippen molar-refractivity contribution in [2.45, 2.75) is 17.9 Å². The molecule has 0 fully saturated rings. The van der Waals surface area contributed by atoms with Crippen LogP contribution in [0.4, 0.5) is 5.69 Å². The standard InChI is InChI=1S/C15H19N3O4S/c1-11(19)17-12-5-7-13(8-6-12)23(21,22)16-10-15(20)14-4-3-9-18(14)2/h3-9,15-16,20H,10H2,1-2H3,(H,17,19). The molecule has 0 aliphatic rings. The summed E-state index contributed by atoms with van der Waals surface area (Å²) in [5.41, 5.74) is 1.13. The molecule has 0 aliphatic carbocycles. The Kier molecular flexibility index (Phi) is 5.19. The number of carbonyl (C=O) groups excluding carboxylic acids is 1. The van der Waals surface area contributed by atoms with Crippen molar-refractivity contribution in [3.05, 3.63) is 48.3 Å². The average molecular weight is 337 g/mol. The fraction of sp³-hybridized carbons (Fsp3) is 0.267. The molecule has 0 radical (unpaired) electrons. The van der Waals surface area contributed by atoms with E-state index in [0.717, 1.165) is 0 Å². The first-order valence-corrected chi connectivity index (χ1v) is 8.44. The van der Waals surface area contributed by atoms with Gasteiger partial charge in [-0.3, -0.25) is 4.79 Å². The number of amides is 1. The summed E-state index contributed by atoms with van der Waals surface area (Å²) in [7, 11) is -1.96. The number of sulfonamides is 1. The summed E-state index contributed by atoms with van der Waals surface area (Å²) in [6.45, 7) is 1.24. The Hall–Kier alpha value is -2.16. The zero-order valence-electron chi connectivity index (χ0n) is 12.9. The molecule has 1 heterocycles. The Bertz CT molecular complexity index is 781. The summed E-state index contributed by atoms with van der Waals surface area (Å²) < 4.78 is 28.5. The second-order valence-corrected chi connectivity index (χ2v) is 6.88. The fourth-order valence-corrected chi connectivity index (χ4v) is 3.16. The van der Waals surface area contributed by atoms with E-state index in [1.165, 1.54) is 31.2 Å². The third-order valence-electron chi connectivity index (χ3n) is 3.28. The number of aromatic nitrogens is 1. The number of carbonyl (C=O) groups is 1. The number of hydrogen-bond donors (Lipinski definition) is 3. The van der Waals surface area contributed by atoms with Crippen LogP contribution in [0.25, 0.3) is 0 Å². The van der Waals surface area contributed by atoms with Crippen molar-refractivity contribution in [3.63, 3.8) is 0 Å². The van der Waals surface area contributed by atoms with Crippen molar-refractivity contribution in [1.29, 1.82) is 0 Å². The summed E-state index contributed by atoms with van der Waals surface area (Å²) in [5.74, 6) is -0.232. The van der Waals surface area contributed by atoms with Gasteiger partial charge in [0.05, 0.1) is 4.90 Å². The molecule has 7 nitrogen and oxygen atoms in total. The highest BCUT2D eigenvalue weighted by Crippen LogP contribution is 2.16. The minimum Gasteiger partial charge on any atom is -0.386 e. The van der Waals surface area contributed by atoms with Crippen molar-refractivity contribution >= 4 is 21.6 Å². The first-order chi connectivity index (χ1) is 10.8. The van der Waals surface area contributed by atoms with Crippen LogP contribution in [0.1, 0.15) is 18.7 Å². The van der Waals surface area contributed by atoms with Crippen molar-refractivity contribution in [2.75, 3.05) is 11.9 Å². The molecule has 1 unspecified atom stereocenters. The lowest BCUT2D eigenvalue weighted by atomic mass is 10.2. The van der Waals surface area contributed by atoms with Gasteiger partial charge >= 0.3 is 0 Å². The van der Waals surface area contributed by atoms with Crippen molar-refractivity contribution in [2.24, 2.45) is 7.05 Å². The monoisotopic (exact) mass is 337 g/mol. The van der Waals surface area contributed by atoms with E-state index in [2.05, 4.69) is 10.0 Å². The predicted octanol–water partition coefficient (Wildman–Crippen LogP) is 0.995. The Morgan fingerprint density at radius 3 is 2.43 bits per heavy atom. The molecule has 8 heteroatoms. The highest BCUT2D eigenvalue weighted by Gasteiger charge is 2.17. The number of aliphatic hydroxyl groups is 1. The molecule has 0 bridgehead atoms. The summed E-state index contributed by atoms with van der Waals surface area (Å²) in [6, 6.07) is 9.28. The molecule has 1 amide bonds. The third-order valence-corrected chi connectivity index (χ3v) is 4.72. The van der Waals surface area contributed by atoms with Crippen LogP contribution in [0.5, 0.6) is 0 Å². The van der Waals surface area contributed by atoms with E-state index >= 15 is 0 Å². The van der Waals surface area contributed by atoms with Crippen LogP contribution in [-0.4, -0.2) is 30.5 Å². The zero-order valence-corrected chi connectivity index (χ0v) is 13.7. The molecule has 2 rings (SSSR count). The Balaban J connectivity index is 2.04. The van der Waals surface area contributed by atoms with E-state index in [9.17, 15) is 18.3 Å². The Labute approximate surface area is 135 Å². The number of nitrogens with one attached hydrogen (secondary N) is 2. The van der Waals surface area contributed by atoms with Gasteiger partial charge in [-0.1, -0.05) is 0 Å². The number of anilines is 1. The minimum atomic E-state index is -3.74. The number of aliphatic hydroxyl groups excluding tert-OH is 1. The van der Waals surface area contributed by atoms with E-state index in [1.54, 1.807) is 29.9 Å². The lowest BCUT2D eigenvalue weighted by Gasteiger charge is -2.13. The van der Waals surface area contributed by atoms with Crippen LogP contribution in [0.2, 0.25) is 0 Å². The SMILES string of the molecule is CC(=O)Nc1ccc(S(=O)(=O)NCC(O)c2cccn2C)cc1. The molecule has 0 saturated carbocycles. The van der Waals surface area contributed by atoms with Gasteiger partial charge in [0.25, 0.3) is 0 Å². The number of aryl methyl sites for hydroxylation is 1. The van der Waals surface area contributed by atoms with Crippen LogP contribution >= 0.6 is 0 Å². The van der Waals surface area contributed by atoms with Gasteiger partial charge in [0.1, 0.15) is 6.10 Å². The lowest BCUT2D eigenvalue weighted by Crippen LogP contribution is -2.29. The smallest absolute Gasteiger partial charge is 0.240 e. The summed E-state index contributed by atoms with van der Waals surface area (Å²) in [4.78, 5) is 11.0. The topological polar surface area (TPSA) is 100 Å². The minimum absolute atomic E-state index is 0.0608. The molecule has 0 saturated heterocycles. The van der Waals surface area contributed by atoms with Gasteiger partial charge in [-0.15, -0.1) is 0 Å². The van der Waals surface area contributed by atoms with Gasteiger partial charge in [0.2, 0.25) is 15.9 Å². The molecule has 23 heavy (non-hydrogen) atoms. The average Bonchev–Trinajstić information content (AvgIpc) is 2.91. The molecule has 124 valence electrons. The number of hydrogen-bond acceptors (Lipinski definition) is 4. The van der Waals surface area contributed by atoms with Crippen LogP contribution in [0, 0.1) is 0 Å². The van der Waals surface area contributed by atoms with E-state index in [1.807, 2.05) is 0 Å². The molecule has 1 atom stereocenters. The molecule has 1 aromatic heterocycles. The zero-order chi connectivity index (χ0) is 17.0. The molecular weight excluding hydrogens is 318 g/mol. The largest absolute Gasteiger partial charge is 0.386 e. The maximum atomic E-state index is 12.2. The maximum Gasteiger partial charge on any atom is 0.240 e. The molecule has 0 spiro atoms. The van der Waals surface area contributed by atoms with Crippen LogP contribution in [-0.2, 0) is 21.9 Å². The first-order valence-electron chi connectivity index (χ1n) is 6.96. The number of benzene rings is 1. The third kappa shape index (κ3) is 4.41. The Morgan fingerprint density at radius 2 is 1.91 bits per heavy atom. The fourth-order valence-electron chi connectivity index (χ4n) is 2.12. The highest BCUT2D eigenvalue weighted by molar-refractivity contribution is 7.89. The quantitative estimate of drug-likeness (QED) is 0.732. The van der Waals surface area contributed by atoms with E-state index in [-0.39, 0.29) is 17.3 Å². The van der Waals surface area contributed by atoms with Gasteiger partial charge in [0, 0.05) is 38.1 Å². The van der Waals surface area contributed by atoms with E-state index < -0.39 is 16.1 Å². The van der Waals surface area contributed by atoms with Gasteiger partial charge in [-0.05, 0) is 36.4 Å². The molecular formula is C15H19N3O4S. The summed E-state index contributed by atoms with van der Waals surface area (Å²) in [6.07, 6.45) is 0.830. The van der Waals surface area contributed by atoms with E-state index in [4.69, 9.17) is 0 Å². The van der Waals surface area contributed by atoms with Crippen LogP contribution in [0.15, 0.2) is 47.5 Å². The van der Waals surface area contributed by atoms with Crippen molar-refractivity contribution in [1.82, 2.24) is 9.29 Å². The summed E-state index contributed by atoms with van der Waals surface area (Å²) in [5, 5.41) is 12.6. The van der Waals surface area contributed by atoms with Gasteiger partial charge in [-0.25, -0.2) is 13.1 Å². The second kappa shape index (κ2) is 6.95. The first kappa shape index (κ1) is 17.2. The Morgan fingerprint density at radius 1 is 1.26 bits per heavy atom. The van der Waals surface area contributed by atoms with Crippen LogP contribution in [0.3, 0.4) is 0 Å². The molecule has 0 aliphatic heterocycles. The normalized spacial score (nSPS) is 12.8. The number of rotatable bonds is 6. The number of nitrogens with zero attached hydrogens (tertiary/aromatic N) is 1. The van der Waals surface area contributed by atoms with E-state index in [0.29, 0.717) is 11.4 Å². The van der Waals surface area contributed by atoms with Crippen molar-refractivity contribution in [3.8, 4) is 0 Å². The summed E-state index contributed by atoms with van der Waals surface area (Å²) >= 11 is 0. The highest BCUT2D eigenvalue weighted by atomic mass is 32.2. The molecule has 1 aromatic carbocycles. The molecule has 3 N–H and O–H groups in total. The second-order valence-electron chi connectivity index (χ2n) is 5.12. The lowest BCUT2D eigenvalue weighted by molar-refractivity contribution is -0.114.